The Kier molecular flexibility index (Phi) is 6.45. The maximum atomic E-state index is 11.8. The lowest BCUT2D eigenvalue weighted by atomic mass is 9.93. The quantitative estimate of drug-likeness (QED) is 0.490. The van der Waals surface area contributed by atoms with Gasteiger partial charge in [-0.05, 0) is 38.9 Å². The average Bonchev–Trinajstić information content (AvgIpc) is 2.55. The number of hydrogen-bond donors (Lipinski definition) is 1. The van der Waals surface area contributed by atoms with Crippen molar-refractivity contribution in [2.75, 3.05) is 25.3 Å². The highest BCUT2D eigenvalue weighted by molar-refractivity contribution is 7.98. The summed E-state index contributed by atoms with van der Waals surface area (Å²) in [6.45, 7) is 2.12. The molecule has 1 aromatic rings. The standard InChI is InChI=1S/C15H23N3O3S/c1-4-21-14(19)12-9-16-15(18-13(12)22-3)17-10-5-7-11(20-2)8-6-10/h9-11H,4-8H2,1-3H3,(H,16,17,18)/t10-,11-. The lowest BCUT2D eigenvalue weighted by molar-refractivity contribution is 0.0520. The van der Waals surface area contributed by atoms with Gasteiger partial charge in [-0.3, -0.25) is 0 Å². The highest BCUT2D eigenvalue weighted by atomic mass is 32.2. The van der Waals surface area contributed by atoms with Crippen LogP contribution in [0, 0.1) is 0 Å². The number of ether oxygens (including phenoxy) is 2. The number of anilines is 1. The number of hydrogen-bond acceptors (Lipinski definition) is 7. The predicted octanol–water partition coefficient (Wildman–Crippen LogP) is 2.74. The molecule has 122 valence electrons. The first-order chi connectivity index (χ1) is 10.7. The summed E-state index contributed by atoms with van der Waals surface area (Å²) in [5, 5.41) is 4.00. The van der Waals surface area contributed by atoms with Gasteiger partial charge in [0.1, 0.15) is 10.6 Å². The van der Waals surface area contributed by atoms with Gasteiger partial charge in [0, 0.05) is 19.3 Å². The molecule has 1 fully saturated rings. The number of aromatic nitrogens is 2. The minimum atomic E-state index is -0.376. The van der Waals surface area contributed by atoms with Crippen molar-refractivity contribution in [1.29, 1.82) is 0 Å². The molecule has 0 aliphatic heterocycles. The molecule has 1 N–H and O–H groups in total. The van der Waals surface area contributed by atoms with Crippen LogP contribution in [0.1, 0.15) is 43.0 Å². The molecule has 1 saturated carbocycles. The van der Waals surface area contributed by atoms with Crippen LogP contribution in [0.25, 0.3) is 0 Å². The zero-order valence-electron chi connectivity index (χ0n) is 13.3. The normalized spacial score (nSPS) is 21.4. The highest BCUT2D eigenvalue weighted by Gasteiger charge is 2.22. The predicted molar refractivity (Wildman–Crippen MR) is 86.4 cm³/mol. The molecule has 0 bridgehead atoms. The van der Waals surface area contributed by atoms with Crippen LogP contribution < -0.4 is 5.32 Å². The third-order valence-corrected chi connectivity index (χ3v) is 4.48. The second-order valence-electron chi connectivity index (χ2n) is 5.19. The molecule has 6 nitrogen and oxygen atoms in total. The van der Waals surface area contributed by atoms with E-state index in [2.05, 4.69) is 15.3 Å². The summed E-state index contributed by atoms with van der Waals surface area (Å²) in [6.07, 6.45) is 7.96. The molecular formula is C15H23N3O3S. The van der Waals surface area contributed by atoms with Crippen LogP contribution in [0.4, 0.5) is 5.95 Å². The fraction of sp³-hybridized carbons (Fsp3) is 0.667. The number of nitrogens with zero attached hydrogens (tertiary/aromatic N) is 2. The van der Waals surface area contributed by atoms with Gasteiger partial charge in [0.25, 0.3) is 0 Å². The van der Waals surface area contributed by atoms with Gasteiger partial charge < -0.3 is 14.8 Å². The lowest BCUT2D eigenvalue weighted by Crippen LogP contribution is -2.30. The smallest absolute Gasteiger partial charge is 0.342 e. The Balaban J connectivity index is 2.02. The van der Waals surface area contributed by atoms with Crippen LogP contribution in [0.2, 0.25) is 0 Å². The first-order valence-corrected chi connectivity index (χ1v) is 8.77. The minimum absolute atomic E-state index is 0.343. The van der Waals surface area contributed by atoms with Crippen LogP contribution >= 0.6 is 11.8 Å². The summed E-state index contributed by atoms with van der Waals surface area (Å²) in [5.41, 5.74) is 0.419. The van der Waals surface area contributed by atoms with Crippen molar-refractivity contribution in [3.05, 3.63) is 11.8 Å². The van der Waals surface area contributed by atoms with Gasteiger partial charge >= 0.3 is 5.97 Å². The van der Waals surface area contributed by atoms with Gasteiger partial charge in [-0.25, -0.2) is 14.8 Å². The van der Waals surface area contributed by atoms with E-state index >= 15 is 0 Å². The lowest BCUT2D eigenvalue weighted by Gasteiger charge is -2.28. The fourth-order valence-electron chi connectivity index (χ4n) is 2.57. The molecule has 0 saturated heterocycles. The monoisotopic (exact) mass is 325 g/mol. The van der Waals surface area contributed by atoms with E-state index < -0.39 is 0 Å². The van der Waals surface area contributed by atoms with Crippen molar-refractivity contribution in [2.24, 2.45) is 0 Å². The molecule has 7 heteroatoms. The van der Waals surface area contributed by atoms with Crippen LogP contribution in [0.5, 0.6) is 0 Å². The Labute approximate surface area is 135 Å². The van der Waals surface area contributed by atoms with E-state index in [4.69, 9.17) is 9.47 Å². The van der Waals surface area contributed by atoms with Crippen LogP contribution in [0.3, 0.4) is 0 Å². The Bertz CT molecular complexity index is 505. The molecule has 22 heavy (non-hydrogen) atoms. The number of carbonyl (C=O) groups is 1. The van der Waals surface area contributed by atoms with Crippen LogP contribution in [-0.2, 0) is 9.47 Å². The Morgan fingerprint density at radius 1 is 1.41 bits per heavy atom. The largest absolute Gasteiger partial charge is 0.462 e. The number of rotatable bonds is 6. The Morgan fingerprint density at radius 2 is 2.14 bits per heavy atom. The number of methoxy groups -OCH3 is 1. The van der Waals surface area contributed by atoms with Gasteiger partial charge in [-0.15, -0.1) is 11.8 Å². The topological polar surface area (TPSA) is 73.3 Å². The third-order valence-electron chi connectivity index (χ3n) is 3.78. The van der Waals surface area contributed by atoms with Crippen LogP contribution in [-0.4, -0.2) is 48.1 Å². The van der Waals surface area contributed by atoms with E-state index in [1.807, 2.05) is 6.26 Å². The van der Waals surface area contributed by atoms with Gasteiger partial charge in [0.05, 0.1) is 12.7 Å². The molecule has 1 aromatic heterocycles. The summed E-state index contributed by atoms with van der Waals surface area (Å²) in [4.78, 5) is 20.5. The van der Waals surface area contributed by atoms with Crippen molar-refractivity contribution in [3.8, 4) is 0 Å². The van der Waals surface area contributed by atoms with Crippen LogP contribution in [0.15, 0.2) is 11.2 Å². The second-order valence-corrected chi connectivity index (χ2v) is 5.99. The summed E-state index contributed by atoms with van der Waals surface area (Å²) in [6, 6.07) is 0.356. The number of carbonyl (C=O) groups excluding carboxylic acids is 1. The number of esters is 1. The molecule has 1 aliphatic carbocycles. The van der Waals surface area contributed by atoms with E-state index in [1.165, 1.54) is 11.8 Å². The maximum absolute atomic E-state index is 11.8. The van der Waals surface area contributed by atoms with Gasteiger partial charge in [0.2, 0.25) is 5.95 Å². The molecule has 0 aromatic carbocycles. The molecule has 0 amide bonds. The molecule has 1 aliphatic rings. The van der Waals surface area contributed by atoms with Crippen molar-refractivity contribution in [1.82, 2.24) is 9.97 Å². The summed E-state index contributed by atoms with van der Waals surface area (Å²) >= 11 is 1.42. The molecule has 0 radical (unpaired) electrons. The van der Waals surface area contributed by atoms with Crippen molar-refractivity contribution in [2.45, 2.75) is 49.8 Å². The Morgan fingerprint density at radius 3 is 2.73 bits per heavy atom. The van der Waals surface area contributed by atoms with E-state index in [9.17, 15) is 4.79 Å². The van der Waals surface area contributed by atoms with E-state index in [1.54, 1.807) is 20.2 Å². The first kappa shape index (κ1) is 17.0. The SMILES string of the molecule is CCOC(=O)c1cnc(N[C@H]2CC[C@H](OC)CC2)nc1SC. The molecule has 0 unspecified atom stereocenters. The molecule has 1 heterocycles. The summed E-state index contributed by atoms with van der Waals surface area (Å²) in [5.74, 6) is 0.192. The second kappa shape index (κ2) is 8.33. The molecule has 0 atom stereocenters. The third kappa shape index (κ3) is 4.33. The minimum Gasteiger partial charge on any atom is -0.462 e. The summed E-state index contributed by atoms with van der Waals surface area (Å²) < 4.78 is 10.4. The first-order valence-electron chi connectivity index (χ1n) is 7.55. The van der Waals surface area contributed by atoms with Crippen molar-refractivity contribution in [3.63, 3.8) is 0 Å². The zero-order chi connectivity index (χ0) is 15.9. The number of thioether (sulfide) groups is 1. The molecule has 0 spiro atoms. The Hall–Kier alpha value is -1.34. The summed E-state index contributed by atoms with van der Waals surface area (Å²) in [7, 11) is 1.76. The maximum Gasteiger partial charge on any atom is 0.342 e. The zero-order valence-corrected chi connectivity index (χ0v) is 14.1. The molecular weight excluding hydrogens is 302 g/mol. The van der Waals surface area contributed by atoms with Gasteiger partial charge in [-0.2, -0.15) is 0 Å². The fourth-order valence-corrected chi connectivity index (χ4v) is 3.10. The van der Waals surface area contributed by atoms with E-state index in [0.717, 1.165) is 25.7 Å². The van der Waals surface area contributed by atoms with E-state index in [0.29, 0.717) is 35.3 Å². The average molecular weight is 325 g/mol. The highest BCUT2D eigenvalue weighted by Crippen LogP contribution is 2.24. The number of nitrogens with one attached hydrogen (secondary N) is 1. The molecule has 2 rings (SSSR count). The van der Waals surface area contributed by atoms with Crippen molar-refractivity contribution >= 4 is 23.7 Å². The van der Waals surface area contributed by atoms with Gasteiger partial charge in [-0.1, -0.05) is 0 Å². The van der Waals surface area contributed by atoms with Crippen molar-refractivity contribution < 1.29 is 14.3 Å². The van der Waals surface area contributed by atoms with Gasteiger partial charge in [0.15, 0.2) is 0 Å². The van der Waals surface area contributed by atoms with E-state index in [-0.39, 0.29) is 5.97 Å².